The molecule has 0 heterocycles. The molecule has 98 valence electrons. The van der Waals surface area contributed by atoms with Gasteiger partial charge < -0.3 is 5.32 Å². The summed E-state index contributed by atoms with van der Waals surface area (Å²) in [5.41, 5.74) is 3.32. The zero-order valence-electron chi connectivity index (χ0n) is 11.2. The zero-order valence-corrected chi connectivity index (χ0v) is 11.2. The van der Waals surface area contributed by atoms with Gasteiger partial charge in [-0.3, -0.25) is 4.79 Å². The Labute approximate surface area is 114 Å². The fraction of sp³-hybridized carbons (Fsp3) is 0.235. The molecule has 0 aliphatic carbocycles. The van der Waals surface area contributed by atoms with E-state index in [9.17, 15) is 4.79 Å². The maximum Gasteiger partial charge on any atom is 0.224 e. The van der Waals surface area contributed by atoms with Crippen LogP contribution < -0.4 is 5.32 Å². The molecule has 0 bridgehead atoms. The van der Waals surface area contributed by atoms with Gasteiger partial charge in [0, 0.05) is 12.1 Å². The predicted molar refractivity (Wildman–Crippen MR) is 79.2 cm³/mol. The number of carbonyl (C=O) groups is 1. The highest BCUT2D eigenvalue weighted by molar-refractivity contribution is 5.90. The van der Waals surface area contributed by atoms with Crippen molar-refractivity contribution in [2.45, 2.75) is 26.2 Å². The largest absolute Gasteiger partial charge is 0.326 e. The Hall–Kier alpha value is -2.09. The van der Waals surface area contributed by atoms with Gasteiger partial charge in [0.15, 0.2) is 0 Å². The van der Waals surface area contributed by atoms with Crippen LogP contribution in [0.5, 0.6) is 0 Å². The van der Waals surface area contributed by atoms with Gasteiger partial charge in [0.05, 0.1) is 0 Å². The molecule has 0 fully saturated rings. The minimum absolute atomic E-state index is 0.0668. The lowest BCUT2D eigenvalue weighted by Gasteiger charge is -2.06. The van der Waals surface area contributed by atoms with Gasteiger partial charge in [-0.1, -0.05) is 49.4 Å². The van der Waals surface area contributed by atoms with Gasteiger partial charge in [0.2, 0.25) is 5.91 Å². The van der Waals surface area contributed by atoms with Crippen LogP contribution in [-0.4, -0.2) is 5.91 Å². The van der Waals surface area contributed by atoms with Crippen LogP contribution in [0.3, 0.4) is 0 Å². The summed E-state index contributed by atoms with van der Waals surface area (Å²) in [5, 5.41) is 2.95. The summed E-state index contributed by atoms with van der Waals surface area (Å²) in [7, 11) is 0. The molecule has 1 amide bonds. The summed E-state index contributed by atoms with van der Waals surface area (Å²) in [6, 6.07) is 18.1. The van der Waals surface area contributed by atoms with E-state index in [0.717, 1.165) is 18.5 Å². The molecule has 0 aliphatic rings. The van der Waals surface area contributed by atoms with Crippen LogP contribution in [0.1, 0.15) is 24.5 Å². The second kappa shape index (κ2) is 6.74. The van der Waals surface area contributed by atoms with Gasteiger partial charge in [0.1, 0.15) is 0 Å². The average molecular weight is 253 g/mol. The van der Waals surface area contributed by atoms with Crippen LogP contribution in [0.2, 0.25) is 0 Å². The first-order valence-corrected chi connectivity index (χ1v) is 6.70. The molecule has 2 nitrogen and oxygen atoms in total. The lowest BCUT2D eigenvalue weighted by Crippen LogP contribution is -2.12. The third-order valence-electron chi connectivity index (χ3n) is 3.10. The summed E-state index contributed by atoms with van der Waals surface area (Å²) in [4.78, 5) is 11.9. The van der Waals surface area contributed by atoms with Crippen LogP contribution in [-0.2, 0) is 17.6 Å². The van der Waals surface area contributed by atoms with Crippen molar-refractivity contribution in [1.29, 1.82) is 0 Å². The second-order valence-corrected chi connectivity index (χ2v) is 4.59. The van der Waals surface area contributed by atoms with Gasteiger partial charge in [-0.25, -0.2) is 0 Å². The standard InChI is InChI=1S/C17H19NO/c1-2-14-9-6-10-16(13-14)18-17(19)12-11-15-7-4-3-5-8-15/h3-10,13H,2,11-12H2,1H3,(H,18,19). The monoisotopic (exact) mass is 253 g/mol. The van der Waals surface area contributed by atoms with Crippen molar-refractivity contribution >= 4 is 11.6 Å². The van der Waals surface area contributed by atoms with E-state index in [0.29, 0.717) is 6.42 Å². The van der Waals surface area contributed by atoms with Gasteiger partial charge in [-0.15, -0.1) is 0 Å². The summed E-state index contributed by atoms with van der Waals surface area (Å²) in [6.45, 7) is 2.11. The number of benzene rings is 2. The van der Waals surface area contributed by atoms with E-state index in [2.05, 4.69) is 18.3 Å². The molecule has 0 radical (unpaired) electrons. The summed E-state index contributed by atoms with van der Waals surface area (Å²) < 4.78 is 0. The lowest BCUT2D eigenvalue weighted by molar-refractivity contribution is -0.116. The number of carbonyl (C=O) groups excluding carboxylic acids is 1. The predicted octanol–water partition coefficient (Wildman–Crippen LogP) is 3.82. The van der Waals surface area contributed by atoms with Gasteiger partial charge in [-0.05, 0) is 36.1 Å². The number of hydrogen-bond acceptors (Lipinski definition) is 1. The van der Waals surface area contributed by atoms with E-state index >= 15 is 0 Å². The van der Waals surface area contributed by atoms with Crippen LogP contribution in [0.4, 0.5) is 5.69 Å². The Morgan fingerprint density at radius 2 is 1.74 bits per heavy atom. The quantitative estimate of drug-likeness (QED) is 0.862. The van der Waals surface area contributed by atoms with Crippen molar-refractivity contribution in [1.82, 2.24) is 0 Å². The van der Waals surface area contributed by atoms with E-state index in [1.165, 1.54) is 11.1 Å². The number of anilines is 1. The number of hydrogen-bond donors (Lipinski definition) is 1. The molecule has 2 aromatic carbocycles. The number of aryl methyl sites for hydroxylation is 2. The van der Waals surface area contributed by atoms with E-state index < -0.39 is 0 Å². The fourth-order valence-electron chi connectivity index (χ4n) is 2.00. The van der Waals surface area contributed by atoms with E-state index in [1.54, 1.807) is 0 Å². The molecule has 0 saturated heterocycles. The minimum atomic E-state index is 0.0668. The van der Waals surface area contributed by atoms with Crippen LogP contribution in [0.15, 0.2) is 54.6 Å². The van der Waals surface area contributed by atoms with Crippen LogP contribution in [0, 0.1) is 0 Å². The molecule has 0 aromatic heterocycles. The van der Waals surface area contributed by atoms with E-state index in [1.807, 2.05) is 48.5 Å². The van der Waals surface area contributed by atoms with Crippen molar-refractivity contribution < 1.29 is 4.79 Å². The lowest BCUT2D eigenvalue weighted by atomic mass is 10.1. The molecule has 0 atom stereocenters. The second-order valence-electron chi connectivity index (χ2n) is 4.59. The molecule has 19 heavy (non-hydrogen) atoms. The molecule has 2 aromatic rings. The Balaban J connectivity index is 1.87. The molecular weight excluding hydrogens is 234 g/mol. The molecule has 0 spiro atoms. The number of nitrogens with one attached hydrogen (secondary N) is 1. The third-order valence-corrected chi connectivity index (χ3v) is 3.10. The Bertz CT molecular complexity index is 534. The SMILES string of the molecule is CCc1cccc(NC(=O)CCc2ccccc2)c1. The summed E-state index contributed by atoms with van der Waals surface area (Å²) in [5.74, 6) is 0.0668. The third kappa shape index (κ3) is 4.25. The molecule has 0 aliphatic heterocycles. The van der Waals surface area contributed by atoms with Crippen molar-refractivity contribution in [3.8, 4) is 0 Å². The van der Waals surface area contributed by atoms with Gasteiger partial charge >= 0.3 is 0 Å². The first-order chi connectivity index (χ1) is 9.28. The Morgan fingerprint density at radius 3 is 2.47 bits per heavy atom. The van der Waals surface area contributed by atoms with E-state index in [4.69, 9.17) is 0 Å². The molecule has 0 unspecified atom stereocenters. The minimum Gasteiger partial charge on any atom is -0.326 e. The van der Waals surface area contributed by atoms with Gasteiger partial charge in [-0.2, -0.15) is 0 Å². The smallest absolute Gasteiger partial charge is 0.224 e. The zero-order chi connectivity index (χ0) is 13.5. The molecule has 2 rings (SSSR count). The molecule has 1 N–H and O–H groups in total. The average Bonchev–Trinajstić information content (AvgIpc) is 2.46. The molecular formula is C17H19NO. The topological polar surface area (TPSA) is 29.1 Å². The maximum absolute atomic E-state index is 11.9. The Morgan fingerprint density at radius 1 is 1.00 bits per heavy atom. The highest BCUT2D eigenvalue weighted by Gasteiger charge is 2.03. The number of rotatable bonds is 5. The normalized spacial score (nSPS) is 10.2. The Kier molecular flexibility index (Phi) is 4.73. The van der Waals surface area contributed by atoms with Crippen LogP contribution >= 0.6 is 0 Å². The summed E-state index contributed by atoms with van der Waals surface area (Å²) in [6.07, 6.45) is 2.27. The van der Waals surface area contributed by atoms with Crippen molar-refractivity contribution in [3.05, 3.63) is 65.7 Å². The maximum atomic E-state index is 11.9. The fourth-order valence-corrected chi connectivity index (χ4v) is 2.00. The first kappa shape index (κ1) is 13.3. The van der Waals surface area contributed by atoms with Crippen molar-refractivity contribution in [2.24, 2.45) is 0 Å². The van der Waals surface area contributed by atoms with Crippen LogP contribution in [0.25, 0.3) is 0 Å². The van der Waals surface area contributed by atoms with Crippen molar-refractivity contribution in [2.75, 3.05) is 5.32 Å². The summed E-state index contributed by atoms with van der Waals surface area (Å²) >= 11 is 0. The highest BCUT2D eigenvalue weighted by Crippen LogP contribution is 2.12. The highest BCUT2D eigenvalue weighted by atomic mass is 16.1. The van der Waals surface area contributed by atoms with Gasteiger partial charge in [0.25, 0.3) is 0 Å². The molecule has 0 saturated carbocycles. The number of amides is 1. The first-order valence-electron chi connectivity index (χ1n) is 6.70. The van der Waals surface area contributed by atoms with E-state index in [-0.39, 0.29) is 5.91 Å². The van der Waals surface area contributed by atoms with Crippen molar-refractivity contribution in [3.63, 3.8) is 0 Å². The molecule has 2 heteroatoms.